The molecule has 0 rings (SSSR count). The molecule has 0 aromatic rings. The van der Waals surface area contributed by atoms with Gasteiger partial charge in [-0.3, -0.25) is 0 Å². The van der Waals surface area contributed by atoms with Gasteiger partial charge in [0.15, 0.2) is 0 Å². The number of ether oxygens (including phenoxy) is 1. The maximum atomic E-state index is 5.51. The highest BCUT2D eigenvalue weighted by atomic mass is 16.5. The summed E-state index contributed by atoms with van der Waals surface area (Å²) >= 11 is 0. The average Bonchev–Trinajstić information content (AvgIpc) is 2.35. The van der Waals surface area contributed by atoms with Gasteiger partial charge in [-0.15, -0.1) is 0 Å². The Labute approximate surface area is 114 Å². The van der Waals surface area contributed by atoms with E-state index in [0.29, 0.717) is 6.10 Å². The molecule has 0 saturated carbocycles. The lowest BCUT2D eigenvalue weighted by molar-refractivity contribution is 0.0770. The van der Waals surface area contributed by atoms with Crippen LogP contribution in [0.5, 0.6) is 0 Å². The minimum Gasteiger partial charge on any atom is -0.379 e. The Balaban J connectivity index is 3.39. The van der Waals surface area contributed by atoms with Gasteiger partial charge in [-0.1, -0.05) is 27.2 Å². The van der Waals surface area contributed by atoms with Gasteiger partial charge in [-0.05, 0) is 39.3 Å². The molecule has 0 radical (unpaired) electrons. The predicted octanol–water partition coefficient (Wildman–Crippen LogP) is 2.76. The maximum Gasteiger partial charge on any atom is 0.0518 e. The van der Waals surface area contributed by atoms with Crippen molar-refractivity contribution < 1.29 is 4.74 Å². The number of rotatable bonds is 12. The third-order valence-corrected chi connectivity index (χ3v) is 3.27. The van der Waals surface area contributed by atoms with E-state index >= 15 is 0 Å². The molecule has 3 nitrogen and oxygen atoms in total. The summed E-state index contributed by atoms with van der Waals surface area (Å²) < 4.78 is 5.51. The molecule has 0 aromatic heterocycles. The summed E-state index contributed by atoms with van der Waals surface area (Å²) in [6.45, 7) is 17.6. The van der Waals surface area contributed by atoms with E-state index in [2.05, 4.69) is 44.8 Å². The van der Waals surface area contributed by atoms with E-state index in [1.807, 2.05) is 0 Å². The molecule has 3 heteroatoms. The Morgan fingerprint density at radius 2 is 1.83 bits per heavy atom. The highest BCUT2D eigenvalue weighted by Gasteiger charge is 2.06. The fraction of sp³-hybridized carbons (Fsp3) is 1.00. The average molecular weight is 258 g/mol. The molecule has 0 heterocycles. The fourth-order valence-corrected chi connectivity index (χ4v) is 1.83. The highest BCUT2D eigenvalue weighted by molar-refractivity contribution is 4.62. The van der Waals surface area contributed by atoms with Crippen LogP contribution in [0.1, 0.15) is 47.5 Å². The number of hydrogen-bond donors (Lipinski definition) is 1. The molecule has 0 aliphatic heterocycles. The van der Waals surface area contributed by atoms with E-state index in [9.17, 15) is 0 Å². The number of nitrogens with zero attached hydrogens (tertiary/aromatic N) is 1. The maximum absolute atomic E-state index is 5.51. The Morgan fingerprint density at radius 1 is 1.11 bits per heavy atom. The van der Waals surface area contributed by atoms with Crippen molar-refractivity contribution >= 4 is 0 Å². The van der Waals surface area contributed by atoms with E-state index < -0.39 is 0 Å². The van der Waals surface area contributed by atoms with Gasteiger partial charge in [-0.2, -0.15) is 0 Å². The van der Waals surface area contributed by atoms with Crippen molar-refractivity contribution in [2.45, 2.75) is 53.6 Å². The van der Waals surface area contributed by atoms with Crippen LogP contribution in [0.15, 0.2) is 0 Å². The van der Waals surface area contributed by atoms with Crippen LogP contribution in [0.3, 0.4) is 0 Å². The molecule has 110 valence electrons. The van der Waals surface area contributed by atoms with Crippen molar-refractivity contribution in [3.63, 3.8) is 0 Å². The number of nitrogens with one attached hydrogen (secondary N) is 1. The second-order valence-electron chi connectivity index (χ2n) is 5.43. The molecule has 18 heavy (non-hydrogen) atoms. The number of likely N-dealkylation sites (N-methyl/N-ethyl adjacent to an activating group) is 1. The summed E-state index contributed by atoms with van der Waals surface area (Å²) in [5.41, 5.74) is 0. The first-order chi connectivity index (χ1) is 8.60. The van der Waals surface area contributed by atoms with Crippen molar-refractivity contribution in [1.29, 1.82) is 0 Å². The molecular formula is C15H34N2O. The smallest absolute Gasteiger partial charge is 0.0518 e. The van der Waals surface area contributed by atoms with Gasteiger partial charge < -0.3 is 15.0 Å². The van der Waals surface area contributed by atoms with Gasteiger partial charge in [-0.25, -0.2) is 0 Å². The fourth-order valence-electron chi connectivity index (χ4n) is 1.83. The van der Waals surface area contributed by atoms with Crippen molar-refractivity contribution in [3.05, 3.63) is 0 Å². The molecule has 0 aliphatic carbocycles. The van der Waals surface area contributed by atoms with Crippen LogP contribution < -0.4 is 5.32 Å². The van der Waals surface area contributed by atoms with Crippen molar-refractivity contribution in [2.75, 3.05) is 39.3 Å². The van der Waals surface area contributed by atoms with Crippen LogP contribution in [-0.2, 0) is 4.74 Å². The summed E-state index contributed by atoms with van der Waals surface area (Å²) in [6, 6.07) is 0. The summed E-state index contributed by atoms with van der Waals surface area (Å²) in [5.74, 6) is 0.810. The second kappa shape index (κ2) is 11.9. The van der Waals surface area contributed by atoms with Crippen LogP contribution in [0.2, 0.25) is 0 Å². The van der Waals surface area contributed by atoms with Gasteiger partial charge >= 0.3 is 0 Å². The Hall–Kier alpha value is -0.120. The zero-order valence-electron chi connectivity index (χ0n) is 13.2. The zero-order chi connectivity index (χ0) is 13.8. The van der Waals surface area contributed by atoms with Gasteiger partial charge in [0.25, 0.3) is 0 Å². The lowest BCUT2D eigenvalue weighted by atomic mass is 10.1. The van der Waals surface area contributed by atoms with Crippen molar-refractivity contribution in [1.82, 2.24) is 10.2 Å². The normalized spacial score (nSPS) is 13.5. The minimum absolute atomic E-state index is 0.358. The summed E-state index contributed by atoms with van der Waals surface area (Å²) in [5, 5.41) is 3.49. The third-order valence-electron chi connectivity index (χ3n) is 3.27. The molecule has 0 bridgehead atoms. The van der Waals surface area contributed by atoms with Gasteiger partial charge in [0.05, 0.1) is 6.10 Å². The van der Waals surface area contributed by atoms with Crippen LogP contribution in [0.25, 0.3) is 0 Å². The van der Waals surface area contributed by atoms with Crippen molar-refractivity contribution in [2.24, 2.45) is 5.92 Å². The van der Waals surface area contributed by atoms with E-state index in [0.717, 1.165) is 45.1 Å². The van der Waals surface area contributed by atoms with Gasteiger partial charge in [0.2, 0.25) is 0 Å². The summed E-state index contributed by atoms with van der Waals surface area (Å²) in [7, 11) is 0. The van der Waals surface area contributed by atoms with Gasteiger partial charge in [0.1, 0.15) is 0 Å². The molecule has 0 spiro atoms. The SMILES string of the molecule is CCC(C)CN(CC)CCNCCCOC(C)C. The number of hydrogen-bond acceptors (Lipinski definition) is 3. The van der Waals surface area contributed by atoms with Crippen molar-refractivity contribution in [3.8, 4) is 0 Å². The first-order valence-corrected chi connectivity index (χ1v) is 7.64. The summed E-state index contributed by atoms with van der Waals surface area (Å²) in [6.07, 6.45) is 2.74. The molecular weight excluding hydrogens is 224 g/mol. The minimum atomic E-state index is 0.358. The zero-order valence-corrected chi connectivity index (χ0v) is 13.2. The molecule has 0 fully saturated rings. The molecule has 0 aliphatic rings. The Morgan fingerprint density at radius 3 is 2.39 bits per heavy atom. The first-order valence-electron chi connectivity index (χ1n) is 7.64. The summed E-state index contributed by atoms with van der Waals surface area (Å²) in [4.78, 5) is 2.53. The topological polar surface area (TPSA) is 24.5 Å². The molecule has 0 saturated heterocycles. The van der Waals surface area contributed by atoms with E-state index in [1.165, 1.54) is 13.0 Å². The molecule has 0 amide bonds. The van der Waals surface area contributed by atoms with E-state index in [-0.39, 0.29) is 0 Å². The first kappa shape index (κ1) is 17.9. The molecule has 1 N–H and O–H groups in total. The standard InChI is InChI=1S/C15H34N2O/c1-6-15(5)13-17(7-2)11-10-16-9-8-12-18-14(3)4/h14-16H,6-13H2,1-5H3. The lowest BCUT2D eigenvalue weighted by Crippen LogP contribution is -2.35. The highest BCUT2D eigenvalue weighted by Crippen LogP contribution is 2.03. The predicted molar refractivity (Wildman–Crippen MR) is 80.1 cm³/mol. The quantitative estimate of drug-likeness (QED) is 0.545. The van der Waals surface area contributed by atoms with Gasteiger partial charge in [0, 0.05) is 26.2 Å². The molecule has 0 aromatic carbocycles. The van der Waals surface area contributed by atoms with E-state index in [1.54, 1.807) is 0 Å². The third kappa shape index (κ3) is 11.0. The lowest BCUT2D eigenvalue weighted by Gasteiger charge is -2.23. The van der Waals surface area contributed by atoms with Crippen LogP contribution in [-0.4, -0.2) is 50.3 Å². The van der Waals surface area contributed by atoms with Crippen LogP contribution >= 0.6 is 0 Å². The largest absolute Gasteiger partial charge is 0.379 e. The Bertz CT molecular complexity index is 174. The second-order valence-corrected chi connectivity index (χ2v) is 5.43. The van der Waals surface area contributed by atoms with Crippen LogP contribution in [0, 0.1) is 5.92 Å². The molecule has 1 unspecified atom stereocenters. The van der Waals surface area contributed by atoms with Crippen LogP contribution in [0.4, 0.5) is 0 Å². The monoisotopic (exact) mass is 258 g/mol. The molecule has 1 atom stereocenters. The van der Waals surface area contributed by atoms with E-state index in [4.69, 9.17) is 4.74 Å². The Kier molecular flexibility index (Phi) is 11.9.